The average Bonchev–Trinajstić information content (AvgIpc) is 3.28. The average molecular weight is 396 g/mol. The van der Waals surface area contributed by atoms with Crippen LogP contribution in [0.1, 0.15) is 38.9 Å². The molecule has 148 valence electrons. The first kappa shape index (κ1) is 18.2. The number of amides is 1. The number of nitrogens with zero attached hydrogens (tertiary/aromatic N) is 5. The van der Waals surface area contributed by atoms with E-state index in [1.165, 1.54) is 0 Å². The van der Waals surface area contributed by atoms with E-state index >= 15 is 0 Å². The predicted octanol–water partition coefficient (Wildman–Crippen LogP) is 3.36. The molecule has 0 saturated carbocycles. The van der Waals surface area contributed by atoms with E-state index in [2.05, 4.69) is 37.1 Å². The van der Waals surface area contributed by atoms with Gasteiger partial charge in [-0.15, -0.1) is 0 Å². The summed E-state index contributed by atoms with van der Waals surface area (Å²) in [4.78, 5) is 36.0. The third kappa shape index (κ3) is 3.24. The SMILES string of the molecule is Cc1nc(-c2cccnc2)ncc1C(=O)N1Cc2[nH]cnc2C(c2ccccc2)C1. The molecule has 0 spiro atoms. The number of pyridine rings is 1. The van der Waals surface area contributed by atoms with E-state index in [0.29, 0.717) is 30.2 Å². The van der Waals surface area contributed by atoms with Crippen molar-refractivity contribution in [3.63, 3.8) is 0 Å². The maximum atomic E-state index is 13.4. The van der Waals surface area contributed by atoms with E-state index in [1.54, 1.807) is 24.9 Å². The van der Waals surface area contributed by atoms with Gasteiger partial charge in [-0.25, -0.2) is 15.0 Å². The van der Waals surface area contributed by atoms with E-state index < -0.39 is 0 Å². The molecule has 1 aliphatic heterocycles. The third-order valence-electron chi connectivity index (χ3n) is 5.45. The lowest BCUT2D eigenvalue weighted by Crippen LogP contribution is -2.39. The number of benzene rings is 1. The van der Waals surface area contributed by atoms with Crippen LogP contribution in [0.25, 0.3) is 11.4 Å². The van der Waals surface area contributed by atoms with Crippen LogP contribution in [0.15, 0.2) is 67.4 Å². The second-order valence-corrected chi connectivity index (χ2v) is 7.35. The molecule has 0 aliphatic carbocycles. The zero-order valence-electron chi connectivity index (χ0n) is 16.5. The van der Waals surface area contributed by atoms with Crippen LogP contribution < -0.4 is 0 Å². The van der Waals surface area contributed by atoms with E-state index in [-0.39, 0.29) is 11.8 Å². The summed E-state index contributed by atoms with van der Waals surface area (Å²) < 4.78 is 0. The highest BCUT2D eigenvalue weighted by atomic mass is 16.2. The minimum Gasteiger partial charge on any atom is -0.347 e. The lowest BCUT2D eigenvalue weighted by Gasteiger charge is -2.32. The van der Waals surface area contributed by atoms with Gasteiger partial charge < -0.3 is 9.88 Å². The zero-order valence-corrected chi connectivity index (χ0v) is 16.5. The van der Waals surface area contributed by atoms with Gasteiger partial charge in [-0.3, -0.25) is 9.78 Å². The van der Waals surface area contributed by atoms with Crippen LogP contribution in [0.4, 0.5) is 0 Å². The highest BCUT2D eigenvalue weighted by Gasteiger charge is 2.32. The Hall–Kier alpha value is -3.87. The van der Waals surface area contributed by atoms with Gasteiger partial charge in [-0.1, -0.05) is 30.3 Å². The van der Waals surface area contributed by atoms with Crippen molar-refractivity contribution in [3.8, 4) is 11.4 Å². The quantitative estimate of drug-likeness (QED) is 0.574. The summed E-state index contributed by atoms with van der Waals surface area (Å²) in [6.45, 7) is 2.89. The van der Waals surface area contributed by atoms with Crippen LogP contribution in [0, 0.1) is 6.92 Å². The molecule has 1 atom stereocenters. The summed E-state index contributed by atoms with van der Waals surface area (Å²) >= 11 is 0. The summed E-state index contributed by atoms with van der Waals surface area (Å²) in [6.07, 6.45) is 6.74. The number of rotatable bonds is 3. The number of hydrogen-bond donors (Lipinski definition) is 1. The number of hydrogen-bond acceptors (Lipinski definition) is 5. The molecule has 7 heteroatoms. The Morgan fingerprint density at radius 3 is 2.73 bits per heavy atom. The normalized spacial score (nSPS) is 15.6. The van der Waals surface area contributed by atoms with Crippen LogP contribution >= 0.6 is 0 Å². The van der Waals surface area contributed by atoms with Crippen molar-refractivity contribution in [1.29, 1.82) is 0 Å². The van der Waals surface area contributed by atoms with E-state index in [4.69, 9.17) is 0 Å². The van der Waals surface area contributed by atoms with Gasteiger partial charge in [0.2, 0.25) is 0 Å². The summed E-state index contributed by atoms with van der Waals surface area (Å²) in [5, 5.41) is 0. The van der Waals surface area contributed by atoms with Crippen LogP contribution in [0.5, 0.6) is 0 Å². The van der Waals surface area contributed by atoms with Crippen molar-refractivity contribution in [2.75, 3.05) is 6.54 Å². The Balaban J connectivity index is 1.45. The van der Waals surface area contributed by atoms with Crippen molar-refractivity contribution in [3.05, 3.63) is 95.6 Å². The fourth-order valence-electron chi connectivity index (χ4n) is 3.91. The van der Waals surface area contributed by atoms with Gasteiger partial charge in [-0.2, -0.15) is 0 Å². The Morgan fingerprint density at radius 1 is 1.10 bits per heavy atom. The fraction of sp³-hybridized carbons (Fsp3) is 0.174. The first-order valence-electron chi connectivity index (χ1n) is 9.81. The molecule has 30 heavy (non-hydrogen) atoms. The first-order valence-corrected chi connectivity index (χ1v) is 9.81. The smallest absolute Gasteiger partial charge is 0.257 e. The van der Waals surface area contributed by atoms with Crippen LogP contribution in [-0.2, 0) is 6.54 Å². The highest BCUT2D eigenvalue weighted by Crippen LogP contribution is 2.32. The molecule has 5 rings (SSSR count). The molecular formula is C23H20N6O. The summed E-state index contributed by atoms with van der Waals surface area (Å²) in [5.41, 5.74) is 5.10. The lowest BCUT2D eigenvalue weighted by atomic mass is 9.90. The molecule has 1 aromatic carbocycles. The predicted molar refractivity (Wildman–Crippen MR) is 112 cm³/mol. The van der Waals surface area contributed by atoms with Gasteiger partial charge in [0.05, 0.1) is 35.5 Å². The van der Waals surface area contributed by atoms with Gasteiger partial charge in [0, 0.05) is 36.6 Å². The standard InChI is InChI=1S/C23H20N6O/c1-15-18(11-25-22(28-15)17-8-5-9-24-10-17)23(30)29-12-19(16-6-3-2-4-7-16)21-20(13-29)26-14-27-21/h2-11,14,19H,12-13H2,1H3,(H,26,27). The molecule has 0 fully saturated rings. The molecule has 1 unspecified atom stereocenters. The number of aromatic amines is 1. The number of H-pyrrole nitrogens is 1. The summed E-state index contributed by atoms with van der Waals surface area (Å²) in [7, 11) is 0. The molecule has 3 aromatic heterocycles. The number of carbonyl (C=O) groups is 1. The van der Waals surface area contributed by atoms with Crippen LogP contribution in [0.3, 0.4) is 0 Å². The third-order valence-corrected chi connectivity index (χ3v) is 5.45. The Bertz CT molecular complexity index is 1190. The van der Waals surface area contributed by atoms with E-state index in [1.807, 2.05) is 42.2 Å². The summed E-state index contributed by atoms with van der Waals surface area (Å²) in [5.74, 6) is 0.515. The van der Waals surface area contributed by atoms with E-state index in [9.17, 15) is 4.79 Å². The Morgan fingerprint density at radius 2 is 1.97 bits per heavy atom. The van der Waals surface area contributed by atoms with Crippen molar-refractivity contribution < 1.29 is 4.79 Å². The molecule has 1 amide bonds. The first-order chi connectivity index (χ1) is 14.7. The van der Waals surface area contributed by atoms with Gasteiger partial charge >= 0.3 is 0 Å². The summed E-state index contributed by atoms with van der Waals surface area (Å²) in [6, 6.07) is 13.9. The highest BCUT2D eigenvalue weighted by molar-refractivity contribution is 5.95. The lowest BCUT2D eigenvalue weighted by molar-refractivity contribution is 0.0720. The van der Waals surface area contributed by atoms with Crippen LogP contribution in [-0.4, -0.2) is 42.3 Å². The number of nitrogens with one attached hydrogen (secondary N) is 1. The maximum Gasteiger partial charge on any atom is 0.257 e. The van der Waals surface area contributed by atoms with Crippen molar-refractivity contribution in [2.45, 2.75) is 19.4 Å². The number of aryl methyl sites for hydroxylation is 1. The van der Waals surface area contributed by atoms with Crippen molar-refractivity contribution >= 4 is 5.91 Å². The van der Waals surface area contributed by atoms with Gasteiger partial charge in [0.1, 0.15) is 0 Å². The molecule has 1 aliphatic rings. The van der Waals surface area contributed by atoms with Gasteiger partial charge in [-0.05, 0) is 24.6 Å². The zero-order chi connectivity index (χ0) is 20.5. The van der Waals surface area contributed by atoms with Gasteiger partial charge in [0.15, 0.2) is 5.82 Å². The molecule has 4 aromatic rings. The Kier molecular flexibility index (Phi) is 4.55. The fourth-order valence-corrected chi connectivity index (χ4v) is 3.91. The molecule has 0 saturated heterocycles. The molecule has 0 radical (unpaired) electrons. The topological polar surface area (TPSA) is 87.7 Å². The largest absolute Gasteiger partial charge is 0.347 e. The Labute approximate surface area is 173 Å². The van der Waals surface area contributed by atoms with E-state index in [0.717, 1.165) is 22.5 Å². The molecular weight excluding hydrogens is 376 g/mol. The number of carbonyl (C=O) groups excluding carboxylic acids is 1. The molecule has 4 heterocycles. The van der Waals surface area contributed by atoms with Crippen molar-refractivity contribution in [2.24, 2.45) is 0 Å². The second-order valence-electron chi connectivity index (χ2n) is 7.35. The second kappa shape index (κ2) is 7.51. The molecule has 0 bridgehead atoms. The monoisotopic (exact) mass is 396 g/mol. The number of imidazole rings is 1. The maximum absolute atomic E-state index is 13.4. The minimum absolute atomic E-state index is 0.0287. The van der Waals surface area contributed by atoms with Crippen LogP contribution in [0.2, 0.25) is 0 Å². The molecule has 7 nitrogen and oxygen atoms in total. The molecule has 1 N–H and O–H groups in total. The van der Waals surface area contributed by atoms with Crippen molar-refractivity contribution in [1.82, 2.24) is 29.8 Å². The van der Waals surface area contributed by atoms with Gasteiger partial charge in [0.25, 0.3) is 5.91 Å². The minimum atomic E-state index is -0.0774. The number of fused-ring (bicyclic) bond motifs is 1. The number of aromatic nitrogens is 5.